The number of aromatic hydroxyl groups is 1. The van der Waals surface area contributed by atoms with E-state index in [9.17, 15) is 19.4 Å². The maximum absolute atomic E-state index is 13.1. The van der Waals surface area contributed by atoms with Crippen LogP contribution in [0.3, 0.4) is 0 Å². The number of carboxylic acids is 1. The number of benzene rings is 1. The molecule has 1 aromatic carbocycles. The summed E-state index contributed by atoms with van der Waals surface area (Å²) in [7, 11) is 0. The van der Waals surface area contributed by atoms with E-state index in [0.29, 0.717) is 31.5 Å². The number of carbonyl (C=O) groups is 1. The molecular weight excluding hydrogens is 249 g/mol. The molecule has 0 fully saturated rings. The Balaban J connectivity index is 2.64. The Hall–Kier alpha value is -1.62. The van der Waals surface area contributed by atoms with Gasteiger partial charge in [0.1, 0.15) is 11.6 Å². The fourth-order valence-electron chi connectivity index (χ4n) is 2.06. The highest BCUT2D eigenvalue weighted by Crippen LogP contribution is 2.26. The normalized spacial score (nSPS) is 11.5. The third-order valence-corrected chi connectivity index (χ3v) is 3.54. The zero-order chi connectivity index (χ0) is 14.5. The van der Waals surface area contributed by atoms with E-state index < -0.39 is 17.2 Å². The van der Waals surface area contributed by atoms with Crippen molar-refractivity contribution in [3.63, 3.8) is 0 Å². The number of hydrogen-bond acceptors (Lipinski definition) is 3. The maximum atomic E-state index is 13.1. The molecule has 0 aliphatic rings. The monoisotopic (exact) mass is 269 g/mol. The maximum Gasteiger partial charge on any atom is 0.310 e. The first-order valence-corrected chi connectivity index (χ1v) is 6.36. The van der Waals surface area contributed by atoms with E-state index in [1.54, 1.807) is 0 Å². The number of rotatable bonds is 7. The smallest absolute Gasteiger partial charge is 0.310 e. The second-order valence-electron chi connectivity index (χ2n) is 4.71. The van der Waals surface area contributed by atoms with Gasteiger partial charge < -0.3 is 15.5 Å². The van der Waals surface area contributed by atoms with E-state index in [2.05, 4.69) is 5.32 Å². The van der Waals surface area contributed by atoms with Gasteiger partial charge in [-0.15, -0.1) is 0 Å². The highest BCUT2D eigenvalue weighted by atomic mass is 19.1. The second kappa shape index (κ2) is 6.52. The molecule has 0 atom stereocenters. The van der Waals surface area contributed by atoms with Crippen molar-refractivity contribution in [3.8, 4) is 5.75 Å². The molecule has 4 nitrogen and oxygen atoms in total. The third kappa shape index (κ3) is 3.92. The molecule has 5 heteroatoms. The minimum absolute atomic E-state index is 0.132. The highest BCUT2D eigenvalue weighted by Gasteiger charge is 2.34. The summed E-state index contributed by atoms with van der Waals surface area (Å²) in [5.74, 6) is -1.47. The fourth-order valence-corrected chi connectivity index (χ4v) is 2.06. The van der Waals surface area contributed by atoms with Crippen molar-refractivity contribution in [2.24, 2.45) is 5.41 Å². The lowest BCUT2D eigenvalue weighted by atomic mass is 9.82. The van der Waals surface area contributed by atoms with Crippen LogP contribution in [0.1, 0.15) is 32.3 Å². The summed E-state index contributed by atoms with van der Waals surface area (Å²) in [6.45, 7) is 4.31. The van der Waals surface area contributed by atoms with Crippen LogP contribution in [0.25, 0.3) is 0 Å². The van der Waals surface area contributed by atoms with Crippen LogP contribution < -0.4 is 5.32 Å². The quantitative estimate of drug-likeness (QED) is 0.711. The molecular formula is C14H20FNO3. The van der Waals surface area contributed by atoms with Gasteiger partial charge in [-0.2, -0.15) is 0 Å². The Labute approximate surface area is 112 Å². The molecule has 3 N–H and O–H groups in total. The van der Waals surface area contributed by atoms with Crippen LogP contribution in [0.2, 0.25) is 0 Å². The van der Waals surface area contributed by atoms with Crippen molar-refractivity contribution >= 4 is 5.97 Å². The van der Waals surface area contributed by atoms with Crippen LogP contribution in [0.5, 0.6) is 5.75 Å². The van der Waals surface area contributed by atoms with Gasteiger partial charge in [0.05, 0.1) is 5.41 Å². The molecule has 0 radical (unpaired) electrons. The van der Waals surface area contributed by atoms with Crippen LogP contribution in [0, 0.1) is 11.2 Å². The molecule has 0 aliphatic heterocycles. The summed E-state index contributed by atoms with van der Waals surface area (Å²) in [5, 5.41) is 21.6. The average Bonchev–Trinajstić information content (AvgIpc) is 2.33. The van der Waals surface area contributed by atoms with Crippen molar-refractivity contribution < 1.29 is 19.4 Å². The average molecular weight is 269 g/mol. The lowest BCUT2D eigenvalue weighted by molar-refractivity contribution is -0.149. The van der Waals surface area contributed by atoms with Crippen LogP contribution >= 0.6 is 0 Å². The number of phenolic OH excluding ortho intramolecular Hbond substituents is 1. The Morgan fingerprint density at radius 1 is 1.32 bits per heavy atom. The molecule has 1 aromatic rings. The number of phenols is 1. The molecule has 0 spiro atoms. The number of halogens is 1. The van der Waals surface area contributed by atoms with Crippen molar-refractivity contribution in [1.82, 2.24) is 5.32 Å². The minimum atomic E-state index is -0.827. The Morgan fingerprint density at radius 2 is 1.95 bits per heavy atom. The summed E-state index contributed by atoms with van der Waals surface area (Å²) in [4.78, 5) is 11.3. The Kier molecular flexibility index (Phi) is 5.30. The molecule has 0 unspecified atom stereocenters. The zero-order valence-corrected chi connectivity index (χ0v) is 11.2. The van der Waals surface area contributed by atoms with Crippen molar-refractivity contribution in [3.05, 3.63) is 29.6 Å². The molecule has 1 rings (SSSR count). The van der Waals surface area contributed by atoms with Gasteiger partial charge in [-0.05, 0) is 30.5 Å². The Bertz CT molecular complexity index is 424. The van der Waals surface area contributed by atoms with Gasteiger partial charge in [-0.25, -0.2) is 4.39 Å². The van der Waals surface area contributed by atoms with E-state index >= 15 is 0 Å². The highest BCUT2D eigenvalue weighted by molar-refractivity contribution is 5.74. The van der Waals surface area contributed by atoms with E-state index in [4.69, 9.17) is 0 Å². The van der Waals surface area contributed by atoms with Gasteiger partial charge in [-0.3, -0.25) is 4.79 Å². The number of aliphatic carboxylic acids is 1. The lowest BCUT2D eigenvalue weighted by Gasteiger charge is -2.27. The van der Waals surface area contributed by atoms with Crippen LogP contribution in [0.15, 0.2) is 18.2 Å². The van der Waals surface area contributed by atoms with Crippen LogP contribution in [-0.2, 0) is 11.3 Å². The van der Waals surface area contributed by atoms with Gasteiger partial charge in [0.25, 0.3) is 0 Å². The molecule has 0 aliphatic carbocycles. The largest absolute Gasteiger partial charge is 0.508 e. The van der Waals surface area contributed by atoms with Crippen molar-refractivity contribution in [2.45, 2.75) is 33.2 Å². The van der Waals surface area contributed by atoms with Gasteiger partial charge >= 0.3 is 5.97 Å². The number of nitrogens with one attached hydrogen (secondary N) is 1. The van der Waals surface area contributed by atoms with E-state index in [0.717, 1.165) is 6.07 Å². The van der Waals surface area contributed by atoms with Crippen molar-refractivity contribution in [2.75, 3.05) is 6.54 Å². The summed E-state index contributed by atoms with van der Waals surface area (Å²) < 4.78 is 13.1. The number of hydrogen-bond donors (Lipinski definition) is 3. The minimum Gasteiger partial charge on any atom is -0.508 e. The van der Waals surface area contributed by atoms with Gasteiger partial charge in [0.15, 0.2) is 0 Å². The molecule has 0 aromatic heterocycles. The van der Waals surface area contributed by atoms with Gasteiger partial charge in [-0.1, -0.05) is 13.8 Å². The molecule has 0 saturated carbocycles. The van der Waals surface area contributed by atoms with Crippen molar-refractivity contribution in [1.29, 1.82) is 0 Å². The van der Waals surface area contributed by atoms with Gasteiger partial charge in [0, 0.05) is 19.2 Å². The van der Waals surface area contributed by atoms with E-state index in [1.165, 1.54) is 12.1 Å². The molecule has 0 amide bonds. The molecule has 0 heterocycles. The predicted molar refractivity (Wildman–Crippen MR) is 70.4 cm³/mol. The molecule has 106 valence electrons. The number of carboxylic acid groups (broad SMARTS) is 1. The molecule has 0 bridgehead atoms. The predicted octanol–water partition coefficient (Wildman–Crippen LogP) is 2.51. The molecule has 19 heavy (non-hydrogen) atoms. The second-order valence-corrected chi connectivity index (χ2v) is 4.71. The summed E-state index contributed by atoms with van der Waals surface area (Å²) >= 11 is 0. The first kappa shape index (κ1) is 15.4. The van der Waals surface area contributed by atoms with E-state index in [1.807, 2.05) is 13.8 Å². The first-order valence-electron chi connectivity index (χ1n) is 6.36. The topological polar surface area (TPSA) is 69.6 Å². The summed E-state index contributed by atoms with van der Waals surface area (Å²) in [5.41, 5.74) is -0.209. The zero-order valence-electron chi connectivity index (χ0n) is 11.2. The fraction of sp³-hybridized carbons (Fsp3) is 0.500. The van der Waals surface area contributed by atoms with Gasteiger partial charge in [0.2, 0.25) is 0 Å². The summed E-state index contributed by atoms with van der Waals surface area (Å²) in [6, 6.07) is 3.80. The summed E-state index contributed by atoms with van der Waals surface area (Å²) in [6.07, 6.45) is 1.06. The Morgan fingerprint density at radius 3 is 2.42 bits per heavy atom. The first-order chi connectivity index (χ1) is 8.93. The van der Waals surface area contributed by atoms with Crippen LogP contribution in [-0.4, -0.2) is 22.7 Å². The lowest BCUT2D eigenvalue weighted by Crippen LogP contribution is -2.40. The van der Waals surface area contributed by atoms with Crippen LogP contribution in [0.4, 0.5) is 4.39 Å². The molecule has 0 saturated heterocycles. The standard InChI is InChI=1S/C14H20FNO3/c1-3-14(4-2,13(18)19)9-16-8-10-5-11(15)7-12(17)6-10/h5-7,16-17H,3-4,8-9H2,1-2H3,(H,18,19). The van der Waals surface area contributed by atoms with E-state index in [-0.39, 0.29) is 5.75 Å². The SMILES string of the molecule is CCC(CC)(CNCc1cc(O)cc(F)c1)C(=O)O. The third-order valence-electron chi connectivity index (χ3n) is 3.54.